The zero-order chi connectivity index (χ0) is 22.7. The number of ether oxygens (including phenoxy) is 2. The quantitative estimate of drug-likeness (QED) is 0.510. The number of hydrogen-bond donors (Lipinski definition) is 1. The summed E-state index contributed by atoms with van der Waals surface area (Å²) in [5.74, 6) is 1.66. The van der Waals surface area contributed by atoms with E-state index in [1.54, 1.807) is 19.2 Å². The highest BCUT2D eigenvalue weighted by molar-refractivity contribution is 6.30. The summed E-state index contributed by atoms with van der Waals surface area (Å²) in [6.45, 7) is 7.49. The summed E-state index contributed by atoms with van der Waals surface area (Å²) >= 11 is 0. The van der Waals surface area contributed by atoms with Crippen LogP contribution in [-0.4, -0.2) is 57.6 Å². The van der Waals surface area contributed by atoms with Crippen LogP contribution in [-0.2, 0) is 11.3 Å². The Hall–Kier alpha value is -2.25. The fraction of sp³-hybridized carbons (Fsp3) is 0.560. The molecule has 0 bridgehead atoms. The van der Waals surface area contributed by atoms with E-state index in [1.807, 2.05) is 0 Å². The molecule has 2 aliphatic rings. The predicted octanol–water partition coefficient (Wildman–Crippen LogP) is 2.89. The number of likely N-dealkylation sites (tertiary alicyclic amines) is 1. The average Bonchev–Trinajstić information content (AvgIpc) is 3.39. The van der Waals surface area contributed by atoms with Gasteiger partial charge in [0.2, 0.25) is 0 Å². The SMILES string of the molecule is [B]c1ccc(C(=O)NC2CC3CCCN(Cc4ccc(OCCOC)c(C)c4C)C3C2)o1. The number of methoxy groups -OCH3 is 1. The summed E-state index contributed by atoms with van der Waals surface area (Å²) < 4.78 is 16.2. The van der Waals surface area contributed by atoms with Gasteiger partial charge in [-0.05, 0) is 86.9 Å². The molecule has 1 saturated carbocycles. The standard InChI is InChI=1S/C25H33BN2O4/c1-16-17(2)22(31-12-11-30-3)7-6-19(16)15-28-10-4-5-18-13-20(14-21(18)28)27-25(29)23-8-9-24(26)32-23/h6-9,18,20-21H,4-5,10-15H2,1-3H3,(H,27,29). The molecule has 1 aliphatic carbocycles. The Bertz CT molecular complexity index is 944. The molecule has 1 aromatic heterocycles. The number of rotatable bonds is 8. The van der Waals surface area contributed by atoms with Crippen LogP contribution in [0.15, 0.2) is 28.7 Å². The van der Waals surface area contributed by atoms with Crippen LogP contribution in [0.25, 0.3) is 0 Å². The van der Waals surface area contributed by atoms with E-state index in [0.29, 0.717) is 25.2 Å². The third kappa shape index (κ3) is 5.04. The van der Waals surface area contributed by atoms with Crippen molar-refractivity contribution in [3.8, 4) is 5.75 Å². The number of carbonyl (C=O) groups is 1. The lowest BCUT2D eigenvalue weighted by Gasteiger charge is -2.38. The first kappa shape index (κ1) is 22.9. The third-order valence-corrected chi connectivity index (χ3v) is 7.10. The number of hydrogen-bond acceptors (Lipinski definition) is 5. The van der Waals surface area contributed by atoms with Gasteiger partial charge in [0.15, 0.2) is 13.6 Å². The summed E-state index contributed by atoms with van der Waals surface area (Å²) in [5.41, 5.74) is 4.10. The number of benzene rings is 1. The molecule has 1 aliphatic heterocycles. The Balaban J connectivity index is 1.39. The van der Waals surface area contributed by atoms with Gasteiger partial charge in [0.1, 0.15) is 12.4 Å². The van der Waals surface area contributed by atoms with Gasteiger partial charge in [0, 0.05) is 31.4 Å². The lowest BCUT2D eigenvalue weighted by molar-refractivity contribution is 0.0906. The van der Waals surface area contributed by atoms with Gasteiger partial charge in [0.25, 0.3) is 5.91 Å². The van der Waals surface area contributed by atoms with Crippen molar-refractivity contribution < 1.29 is 18.7 Å². The number of fused-ring (bicyclic) bond motifs is 1. The molecule has 2 fully saturated rings. The smallest absolute Gasteiger partial charge is 0.287 e. The molecule has 1 aromatic carbocycles. The highest BCUT2D eigenvalue weighted by Gasteiger charge is 2.40. The fourth-order valence-corrected chi connectivity index (χ4v) is 5.26. The molecule has 3 unspecified atom stereocenters. The third-order valence-electron chi connectivity index (χ3n) is 7.10. The Labute approximate surface area is 192 Å². The van der Waals surface area contributed by atoms with E-state index in [-0.39, 0.29) is 23.4 Å². The molecule has 1 amide bonds. The molecular weight excluding hydrogens is 403 g/mol. The second-order valence-electron chi connectivity index (χ2n) is 9.10. The lowest BCUT2D eigenvalue weighted by Crippen LogP contribution is -2.42. The molecule has 2 radical (unpaired) electrons. The lowest BCUT2D eigenvalue weighted by atomic mass is 9.91. The molecule has 1 N–H and O–H groups in total. The van der Waals surface area contributed by atoms with Gasteiger partial charge in [-0.15, -0.1) is 0 Å². The van der Waals surface area contributed by atoms with Crippen LogP contribution in [0.2, 0.25) is 0 Å². The zero-order valence-corrected chi connectivity index (χ0v) is 19.4. The van der Waals surface area contributed by atoms with Crippen molar-refractivity contribution in [2.24, 2.45) is 5.92 Å². The van der Waals surface area contributed by atoms with Gasteiger partial charge < -0.3 is 19.2 Å². The fourth-order valence-electron chi connectivity index (χ4n) is 5.26. The molecule has 1 saturated heterocycles. The molecule has 3 atom stereocenters. The van der Waals surface area contributed by atoms with Gasteiger partial charge in [-0.2, -0.15) is 0 Å². The summed E-state index contributed by atoms with van der Waals surface area (Å²) in [5, 5.41) is 3.16. The van der Waals surface area contributed by atoms with Crippen molar-refractivity contribution in [3.63, 3.8) is 0 Å². The van der Waals surface area contributed by atoms with Crippen LogP contribution in [0.1, 0.15) is 52.9 Å². The maximum absolute atomic E-state index is 12.5. The van der Waals surface area contributed by atoms with E-state index >= 15 is 0 Å². The average molecular weight is 436 g/mol. The van der Waals surface area contributed by atoms with E-state index in [1.165, 1.54) is 29.5 Å². The minimum atomic E-state index is -0.174. The maximum Gasteiger partial charge on any atom is 0.287 e. The van der Waals surface area contributed by atoms with E-state index < -0.39 is 0 Å². The van der Waals surface area contributed by atoms with Crippen LogP contribution >= 0.6 is 0 Å². The summed E-state index contributed by atoms with van der Waals surface area (Å²) in [6.07, 6.45) is 4.43. The van der Waals surface area contributed by atoms with Crippen molar-refractivity contribution >= 4 is 19.4 Å². The van der Waals surface area contributed by atoms with Crippen molar-refractivity contribution in [2.75, 3.05) is 26.9 Å². The van der Waals surface area contributed by atoms with Crippen LogP contribution < -0.4 is 15.7 Å². The largest absolute Gasteiger partial charge is 0.491 e. The number of nitrogens with zero attached hydrogens (tertiary/aromatic N) is 1. The van der Waals surface area contributed by atoms with Gasteiger partial charge in [-0.25, -0.2) is 0 Å². The van der Waals surface area contributed by atoms with Crippen molar-refractivity contribution in [3.05, 3.63) is 46.7 Å². The van der Waals surface area contributed by atoms with Gasteiger partial charge in [0.05, 0.1) is 6.61 Å². The molecule has 7 heteroatoms. The first-order valence-electron chi connectivity index (χ1n) is 11.6. The van der Waals surface area contributed by atoms with Gasteiger partial charge in [-0.3, -0.25) is 9.69 Å². The number of nitrogens with one attached hydrogen (secondary N) is 1. The normalized spacial score (nSPS) is 23.2. The Morgan fingerprint density at radius 3 is 2.78 bits per heavy atom. The highest BCUT2D eigenvalue weighted by atomic mass is 16.5. The monoisotopic (exact) mass is 436 g/mol. The van der Waals surface area contributed by atoms with Gasteiger partial charge >= 0.3 is 0 Å². The maximum atomic E-state index is 12.5. The van der Waals surface area contributed by atoms with E-state index in [9.17, 15) is 4.79 Å². The minimum Gasteiger partial charge on any atom is -0.491 e. The summed E-state index contributed by atoms with van der Waals surface area (Å²) in [4.78, 5) is 15.1. The second kappa shape index (κ2) is 10.1. The highest BCUT2D eigenvalue weighted by Crippen LogP contribution is 2.38. The Kier molecular flexibility index (Phi) is 7.26. The van der Waals surface area contributed by atoms with Crippen LogP contribution in [0.3, 0.4) is 0 Å². The topological polar surface area (TPSA) is 63.9 Å². The number of piperidine rings is 1. The van der Waals surface area contributed by atoms with E-state index in [4.69, 9.17) is 21.7 Å². The minimum absolute atomic E-state index is 0.170. The van der Waals surface area contributed by atoms with Gasteiger partial charge in [-0.1, -0.05) is 6.07 Å². The van der Waals surface area contributed by atoms with Crippen molar-refractivity contribution in [1.82, 2.24) is 10.2 Å². The van der Waals surface area contributed by atoms with Crippen molar-refractivity contribution in [1.29, 1.82) is 0 Å². The molecule has 0 spiro atoms. The number of carbonyl (C=O) groups excluding carboxylic acids is 1. The van der Waals surface area contributed by atoms with Crippen LogP contribution in [0, 0.1) is 19.8 Å². The Morgan fingerprint density at radius 1 is 1.19 bits per heavy atom. The predicted molar refractivity (Wildman–Crippen MR) is 125 cm³/mol. The second-order valence-corrected chi connectivity index (χ2v) is 9.10. The first-order valence-corrected chi connectivity index (χ1v) is 11.6. The molecule has 2 aromatic rings. The zero-order valence-electron chi connectivity index (χ0n) is 19.4. The summed E-state index contributed by atoms with van der Waals surface area (Å²) in [7, 11) is 7.29. The number of furan rings is 1. The Morgan fingerprint density at radius 2 is 2.03 bits per heavy atom. The molecule has 170 valence electrons. The molecule has 2 heterocycles. The summed E-state index contributed by atoms with van der Waals surface area (Å²) in [6, 6.07) is 8.19. The molecule has 6 nitrogen and oxygen atoms in total. The number of amides is 1. The van der Waals surface area contributed by atoms with Crippen LogP contribution in [0.4, 0.5) is 0 Å². The van der Waals surface area contributed by atoms with E-state index in [0.717, 1.165) is 31.7 Å². The van der Waals surface area contributed by atoms with E-state index in [2.05, 4.69) is 36.2 Å². The molecule has 32 heavy (non-hydrogen) atoms. The van der Waals surface area contributed by atoms with Crippen LogP contribution in [0.5, 0.6) is 5.75 Å². The molecular formula is C25H33BN2O4. The van der Waals surface area contributed by atoms with Crippen molar-refractivity contribution in [2.45, 2.75) is 58.2 Å². The first-order chi connectivity index (χ1) is 15.5. The molecule has 4 rings (SSSR count).